The molecule has 0 unspecified atom stereocenters. The van der Waals surface area contributed by atoms with Gasteiger partial charge >= 0.3 is 6.18 Å². The zero-order valence-corrected chi connectivity index (χ0v) is 14.7. The van der Waals surface area contributed by atoms with E-state index >= 15 is 0 Å². The van der Waals surface area contributed by atoms with E-state index in [1.807, 2.05) is 0 Å². The number of anilines is 1. The minimum Gasteiger partial charge on any atom is -0.343 e. The third kappa shape index (κ3) is 5.41. The molecular weight excluding hydrogens is 392 g/mol. The zero-order chi connectivity index (χ0) is 21.0. The van der Waals surface area contributed by atoms with Crippen LogP contribution in [-0.2, 0) is 0 Å². The molecule has 150 valence electrons. The first-order chi connectivity index (χ1) is 13.7. The van der Waals surface area contributed by atoms with Crippen molar-refractivity contribution in [1.82, 2.24) is 15.1 Å². The van der Waals surface area contributed by atoms with Crippen molar-refractivity contribution in [3.63, 3.8) is 0 Å². The molecule has 29 heavy (non-hydrogen) atoms. The number of aromatic nitrogens is 2. The Balaban J connectivity index is 1.68. The van der Waals surface area contributed by atoms with E-state index in [-0.39, 0.29) is 16.9 Å². The average Bonchev–Trinajstić information content (AvgIpc) is 3.16. The van der Waals surface area contributed by atoms with Crippen LogP contribution >= 0.6 is 0 Å². The van der Waals surface area contributed by atoms with Gasteiger partial charge in [-0.3, -0.25) is 9.59 Å². The van der Waals surface area contributed by atoms with Crippen LogP contribution in [-0.4, -0.2) is 34.3 Å². The van der Waals surface area contributed by atoms with E-state index in [4.69, 9.17) is 0 Å². The van der Waals surface area contributed by atoms with Gasteiger partial charge in [0, 0.05) is 17.4 Å². The largest absolute Gasteiger partial charge is 0.405 e. The van der Waals surface area contributed by atoms with Crippen molar-refractivity contribution in [2.45, 2.75) is 6.18 Å². The fourth-order valence-corrected chi connectivity index (χ4v) is 2.40. The van der Waals surface area contributed by atoms with E-state index in [1.165, 1.54) is 65.5 Å². The van der Waals surface area contributed by atoms with E-state index in [0.717, 1.165) is 0 Å². The smallest absolute Gasteiger partial charge is 0.343 e. The second-order valence-corrected chi connectivity index (χ2v) is 5.95. The highest BCUT2D eigenvalue weighted by Crippen LogP contribution is 2.15. The monoisotopic (exact) mass is 406 g/mol. The number of nitrogens with one attached hydrogen (secondary N) is 2. The van der Waals surface area contributed by atoms with Crippen LogP contribution in [0.2, 0.25) is 0 Å². The highest BCUT2D eigenvalue weighted by atomic mass is 19.4. The third-order valence-electron chi connectivity index (χ3n) is 3.74. The van der Waals surface area contributed by atoms with Gasteiger partial charge in [0.15, 0.2) is 5.69 Å². The number of rotatable bonds is 5. The molecule has 0 aliphatic carbocycles. The summed E-state index contributed by atoms with van der Waals surface area (Å²) in [4.78, 5) is 24.2. The van der Waals surface area contributed by atoms with Gasteiger partial charge in [-0.15, -0.1) is 0 Å². The van der Waals surface area contributed by atoms with Crippen LogP contribution in [0.5, 0.6) is 0 Å². The number of benzene rings is 2. The molecule has 0 spiro atoms. The van der Waals surface area contributed by atoms with Crippen LogP contribution in [0.3, 0.4) is 0 Å². The van der Waals surface area contributed by atoms with Crippen molar-refractivity contribution in [2.24, 2.45) is 0 Å². The lowest BCUT2D eigenvalue weighted by molar-refractivity contribution is -0.123. The molecule has 0 fully saturated rings. The Morgan fingerprint density at radius 2 is 1.72 bits per heavy atom. The van der Waals surface area contributed by atoms with Gasteiger partial charge in [0.1, 0.15) is 12.4 Å². The summed E-state index contributed by atoms with van der Waals surface area (Å²) in [5.41, 5.74) is 0.782. The Bertz CT molecular complexity index is 1030. The van der Waals surface area contributed by atoms with Crippen molar-refractivity contribution >= 4 is 17.5 Å². The lowest BCUT2D eigenvalue weighted by Gasteiger charge is -2.09. The van der Waals surface area contributed by atoms with Gasteiger partial charge in [-0.2, -0.15) is 18.3 Å². The van der Waals surface area contributed by atoms with Crippen molar-refractivity contribution in [2.75, 3.05) is 11.9 Å². The maximum atomic E-state index is 13.0. The molecule has 3 aromatic rings. The highest BCUT2D eigenvalue weighted by Gasteiger charge is 2.27. The Kier molecular flexibility index (Phi) is 5.62. The molecule has 2 aromatic carbocycles. The molecule has 0 atom stereocenters. The molecule has 0 saturated carbocycles. The number of hydrogen-bond acceptors (Lipinski definition) is 3. The van der Waals surface area contributed by atoms with Crippen LogP contribution in [0.4, 0.5) is 23.2 Å². The molecular formula is C19H14F4N4O2. The van der Waals surface area contributed by atoms with Crippen LogP contribution in [0, 0.1) is 5.82 Å². The molecule has 2 N–H and O–H groups in total. The van der Waals surface area contributed by atoms with E-state index in [1.54, 1.807) is 5.32 Å². The van der Waals surface area contributed by atoms with Crippen molar-refractivity contribution < 1.29 is 27.2 Å². The quantitative estimate of drug-likeness (QED) is 0.637. The molecule has 0 saturated heterocycles. The van der Waals surface area contributed by atoms with Gasteiger partial charge in [0.2, 0.25) is 0 Å². The van der Waals surface area contributed by atoms with Crippen LogP contribution in [0.25, 0.3) is 5.69 Å². The van der Waals surface area contributed by atoms with E-state index in [2.05, 4.69) is 10.4 Å². The first kappa shape index (κ1) is 20.1. The van der Waals surface area contributed by atoms with Gasteiger partial charge in [-0.05, 0) is 48.5 Å². The third-order valence-corrected chi connectivity index (χ3v) is 3.74. The highest BCUT2D eigenvalue weighted by molar-refractivity contribution is 6.03. The first-order valence-electron chi connectivity index (χ1n) is 8.29. The minimum absolute atomic E-state index is 0.0381. The summed E-state index contributed by atoms with van der Waals surface area (Å²) < 4.78 is 51.0. The Morgan fingerprint density at radius 1 is 1.00 bits per heavy atom. The second-order valence-electron chi connectivity index (χ2n) is 5.95. The Hall–Kier alpha value is -3.69. The molecule has 10 heteroatoms. The summed E-state index contributed by atoms with van der Waals surface area (Å²) in [6, 6.07) is 12.4. The average molecular weight is 406 g/mol. The fraction of sp³-hybridized carbons (Fsp3) is 0.105. The number of hydrogen-bond donors (Lipinski definition) is 2. The zero-order valence-electron chi connectivity index (χ0n) is 14.7. The molecule has 2 amide bonds. The van der Waals surface area contributed by atoms with E-state index in [9.17, 15) is 27.2 Å². The van der Waals surface area contributed by atoms with Gasteiger partial charge in [-0.1, -0.05) is 6.07 Å². The van der Waals surface area contributed by atoms with Gasteiger partial charge in [0.05, 0.1) is 5.69 Å². The summed E-state index contributed by atoms with van der Waals surface area (Å²) in [6.07, 6.45) is -3.01. The first-order valence-corrected chi connectivity index (χ1v) is 8.29. The van der Waals surface area contributed by atoms with Gasteiger partial charge in [-0.25, -0.2) is 9.07 Å². The Labute approximate surface area is 162 Å². The normalized spacial score (nSPS) is 11.2. The molecule has 0 bridgehead atoms. The minimum atomic E-state index is -4.52. The lowest BCUT2D eigenvalue weighted by atomic mass is 10.2. The number of carbonyl (C=O) groups is 2. The molecule has 1 heterocycles. The summed E-state index contributed by atoms with van der Waals surface area (Å²) in [6.45, 7) is -1.46. The number of amides is 2. The molecule has 0 aliphatic heterocycles. The van der Waals surface area contributed by atoms with Gasteiger partial charge < -0.3 is 10.6 Å². The number of nitrogens with zero attached hydrogens (tertiary/aromatic N) is 2. The van der Waals surface area contributed by atoms with Crippen LogP contribution in [0.15, 0.2) is 60.8 Å². The predicted octanol–water partition coefficient (Wildman–Crippen LogP) is 3.56. The van der Waals surface area contributed by atoms with Gasteiger partial charge in [0.25, 0.3) is 11.8 Å². The second kappa shape index (κ2) is 8.13. The standard InChI is InChI=1S/C19H14F4N4O2/c20-13-4-6-15(7-5-13)27-9-8-16(26-27)18(29)25-14-3-1-2-12(10-14)17(28)24-11-19(21,22)23/h1-10H,11H2,(H,24,28)(H,25,29). The summed E-state index contributed by atoms with van der Waals surface area (Å²) >= 11 is 0. The SMILES string of the molecule is O=C(NCC(F)(F)F)c1cccc(NC(=O)c2ccn(-c3ccc(F)cc3)n2)c1. The lowest BCUT2D eigenvalue weighted by Crippen LogP contribution is -2.33. The van der Waals surface area contributed by atoms with Crippen LogP contribution < -0.4 is 10.6 Å². The maximum Gasteiger partial charge on any atom is 0.405 e. The van der Waals surface area contributed by atoms with Crippen LogP contribution in [0.1, 0.15) is 20.8 Å². The maximum absolute atomic E-state index is 13.0. The fourth-order valence-electron chi connectivity index (χ4n) is 2.40. The molecule has 6 nitrogen and oxygen atoms in total. The molecule has 3 rings (SSSR count). The summed E-state index contributed by atoms with van der Waals surface area (Å²) in [5, 5.41) is 8.38. The number of halogens is 4. The van der Waals surface area contributed by atoms with E-state index < -0.39 is 30.4 Å². The topological polar surface area (TPSA) is 76.0 Å². The number of alkyl halides is 3. The van der Waals surface area contributed by atoms with Crippen molar-refractivity contribution in [3.05, 3.63) is 77.9 Å². The van der Waals surface area contributed by atoms with E-state index in [0.29, 0.717) is 5.69 Å². The predicted molar refractivity (Wildman–Crippen MR) is 96.3 cm³/mol. The molecule has 0 radical (unpaired) electrons. The molecule has 1 aromatic heterocycles. The molecule has 0 aliphatic rings. The van der Waals surface area contributed by atoms with Crippen molar-refractivity contribution in [3.8, 4) is 5.69 Å². The number of carbonyl (C=O) groups excluding carboxylic acids is 2. The van der Waals surface area contributed by atoms with Crippen molar-refractivity contribution in [1.29, 1.82) is 0 Å². The Morgan fingerprint density at radius 3 is 2.41 bits per heavy atom. The summed E-state index contributed by atoms with van der Waals surface area (Å²) in [7, 11) is 0. The summed E-state index contributed by atoms with van der Waals surface area (Å²) in [5.74, 6) is -1.91.